The summed E-state index contributed by atoms with van der Waals surface area (Å²) in [7, 11) is 0. The van der Waals surface area contributed by atoms with Crippen molar-refractivity contribution in [1.82, 2.24) is 5.16 Å². The summed E-state index contributed by atoms with van der Waals surface area (Å²) < 4.78 is 25.1. The van der Waals surface area contributed by atoms with Crippen LogP contribution in [0.15, 0.2) is 52.4 Å². The molecule has 0 spiro atoms. The van der Waals surface area contributed by atoms with Gasteiger partial charge in [0.15, 0.2) is 0 Å². The minimum absolute atomic E-state index is 0.0197. The molecule has 37 heavy (non-hydrogen) atoms. The van der Waals surface area contributed by atoms with Gasteiger partial charge < -0.3 is 14.6 Å². The van der Waals surface area contributed by atoms with Crippen LogP contribution in [0.25, 0.3) is 22.4 Å². The third-order valence-electron chi connectivity index (χ3n) is 5.85. The van der Waals surface area contributed by atoms with E-state index in [1.807, 2.05) is 24.3 Å². The van der Waals surface area contributed by atoms with Crippen molar-refractivity contribution in [2.75, 3.05) is 11.9 Å². The van der Waals surface area contributed by atoms with E-state index in [0.29, 0.717) is 10.6 Å². The number of carbonyl (C=O) groups is 2. The number of nitrogens with zero attached hydrogens (tertiary/aromatic N) is 1. The number of ether oxygens (including phenoxy) is 1. The lowest BCUT2D eigenvalue weighted by molar-refractivity contribution is 0.0529. The summed E-state index contributed by atoms with van der Waals surface area (Å²) in [6.07, 6.45) is 0. The van der Waals surface area contributed by atoms with E-state index in [4.69, 9.17) is 20.9 Å². The molecule has 0 aliphatic carbocycles. The van der Waals surface area contributed by atoms with Gasteiger partial charge in [0.2, 0.25) is 0 Å². The normalized spacial score (nSPS) is 11.4. The number of hydrogen-bond acceptors (Lipinski definition) is 6. The summed E-state index contributed by atoms with van der Waals surface area (Å²) in [5, 5.41) is 8.85. The predicted octanol–water partition coefficient (Wildman–Crippen LogP) is 7.90. The maximum absolute atomic E-state index is 14.6. The van der Waals surface area contributed by atoms with Crippen LogP contribution in [0.2, 0.25) is 5.02 Å². The minimum Gasteiger partial charge on any atom is -0.462 e. The molecule has 0 unspecified atom stereocenters. The Morgan fingerprint density at radius 2 is 1.84 bits per heavy atom. The highest BCUT2D eigenvalue weighted by molar-refractivity contribution is 7.15. The average Bonchev–Trinajstić information content (AvgIpc) is 3.42. The molecule has 192 valence electrons. The summed E-state index contributed by atoms with van der Waals surface area (Å²) >= 11 is 7.40. The van der Waals surface area contributed by atoms with Gasteiger partial charge in [-0.05, 0) is 42.5 Å². The standard InChI is InChI=1S/C28H26ClFN2O4S/c1-6-35-27(34)22-18(16-10-12-17(13-11-16)28(3,4)5)14-37-26(22)31-25(33)21-15(2)36-32-24(21)23-19(29)8-7-9-20(23)30/h7-14H,6H2,1-5H3,(H,31,33). The van der Waals surface area contributed by atoms with Gasteiger partial charge in [0.25, 0.3) is 5.91 Å². The summed E-state index contributed by atoms with van der Waals surface area (Å²) in [6, 6.07) is 12.1. The van der Waals surface area contributed by atoms with Crippen molar-refractivity contribution in [2.45, 2.75) is 40.0 Å². The topological polar surface area (TPSA) is 81.4 Å². The Kier molecular flexibility index (Phi) is 7.52. The second kappa shape index (κ2) is 10.5. The highest BCUT2D eigenvalue weighted by atomic mass is 35.5. The number of rotatable bonds is 6. The van der Waals surface area contributed by atoms with Crippen LogP contribution in [0.1, 0.15) is 59.7 Å². The van der Waals surface area contributed by atoms with Crippen LogP contribution in [0.4, 0.5) is 9.39 Å². The van der Waals surface area contributed by atoms with Gasteiger partial charge in [-0.15, -0.1) is 11.3 Å². The van der Waals surface area contributed by atoms with E-state index in [0.717, 1.165) is 11.1 Å². The lowest BCUT2D eigenvalue weighted by Crippen LogP contribution is -2.16. The summed E-state index contributed by atoms with van der Waals surface area (Å²) in [5.41, 5.74) is 2.78. The quantitative estimate of drug-likeness (QED) is 0.251. The molecule has 0 aliphatic heterocycles. The fourth-order valence-corrected chi connectivity index (χ4v) is 5.12. The van der Waals surface area contributed by atoms with Crippen LogP contribution < -0.4 is 5.32 Å². The highest BCUT2D eigenvalue weighted by Gasteiger charge is 2.28. The third-order valence-corrected chi connectivity index (χ3v) is 7.06. The largest absolute Gasteiger partial charge is 0.462 e. The SMILES string of the molecule is CCOC(=O)c1c(-c2ccc(C(C)(C)C)cc2)csc1NC(=O)c1c(-c2c(F)cccc2Cl)noc1C. The fourth-order valence-electron chi connectivity index (χ4n) is 3.92. The zero-order chi connectivity index (χ0) is 26.9. The maximum atomic E-state index is 14.6. The predicted molar refractivity (Wildman–Crippen MR) is 144 cm³/mol. The monoisotopic (exact) mass is 540 g/mol. The summed E-state index contributed by atoms with van der Waals surface area (Å²) in [5.74, 6) is -1.64. The smallest absolute Gasteiger partial charge is 0.341 e. The molecule has 0 saturated carbocycles. The molecule has 2 aromatic carbocycles. The zero-order valence-corrected chi connectivity index (χ0v) is 22.6. The second-order valence-electron chi connectivity index (χ2n) is 9.41. The lowest BCUT2D eigenvalue weighted by atomic mass is 9.86. The molecule has 4 rings (SSSR count). The van der Waals surface area contributed by atoms with E-state index in [-0.39, 0.29) is 45.2 Å². The summed E-state index contributed by atoms with van der Waals surface area (Å²) in [6.45, 7) is 9.80. The molecule has 6 nitrogen and oxygen atoms in total. The second-order valence-corrected chi connectivity index (χ2v) is 10.7. The van der Waals surface area contributed by atoms with Crippen molar-refractivity contribution < 1.29 is 23.2 Å². The Bertz CT molecular complexity index is 1450. The highest BCUT2D eigenvalue weighted by Crippen LogP contribution is 2.39. The van der Waals surface area contributed by atoms with E-state index in [9.17, 15) is 14.0 Å². The first kappa shape index (κ1) is 26.6. The van der Waals surface area contributed by atoms with E-state index in [1.54, 1.807) is 19.2 Å². The first-order valence-electron chi connectivity index (χ1n) is 11.6. The van der Waals surface area contributed by atoms with E-state index in [1.165, 1.54) is 29.5 Å². The van der Waals surface area contributed by atoms with Crippen LogP contribution in [-0.4, -0.2) is 23.6 Å². The molecule has 9 heteroatoms. The van der Waals surface area contributed by atoms with Crippen molar-refractivity contribution in [3.05, 3.63) is 81.1 Å². The van der Waals surface area contributed by atoms with Gasteiger partial charge in [0.1, 0.15) is 33.4 Å². The number of aromatic nitrogens is 1. The molecule has 0 aliphatic rings. The lowest BCUT2D eigenvalue weighted by Gasteiger charge is -2.19. The first-order chi connectivity index (χ1) is 17.5. The number of benzene rings is 2. The van der Waals surface area contributed by atoms with Gasteiger partial charge in [-0.1, -0.05) is 67.9 Å². The number of aryl methyl sites for hydroxylation is 1. The van der Waals surface area contributed by atoms with E-state index < -0.39 is 17.7 Å². The average molecular weight is 541 g/mol. The molecule has 0 saturated heterocycles. The van der Waals surface area contributed by atoms with E-state index in [2.05, 4.69) is 31.2 Å². The van der Waals surface area contributed by atoms with Gasteiger partial charge in [-0.2, -0.15) is 0 Å². The van der Waals surface area contributed by atoms with Crippen LogP contribution in [0.3, 0.4) is 0 Å². The number of anilines is 1. The number of hydrogen-bond donors (Lipinski definition) is 1. The van der Waals surface area contributed by atoms with Crippen molar-refractivity contribution >= 4 is 39.8 Å². The summed E-state index contributed by atoms with van der Waals surface area (Å²) in [4.78, 5) is 26.4. The Labute approximate surface area is 223 Å². The molecule has 4 aromatic rings. The van der Waals surface area contributed by atoms with Crippen molar-refractivity contribution in [3.63, 3.8) is 0 Å². The van der Waals surface area contributed by atoms with Gasteiger partial charge >= 0.3 is 5.97 Å². The molecular formula is C28H26ClFN2O4S. The Hall–Kier alpha value is -3.49. The van der Waals surface area contributed by atoms with Crippen molar-refractivity contribution in [1.29, 1.82) is 0 Å². The number of esters is 1. The Morgan fingerprint density at radius 1 is 1.14 bits per heavy atom. The molecule has 0 radical (unpaired) electrons. The van der Waals surface area contributed by atoms with Crippen LogP contribution in [-0.2, 0) is 10.2 Å². The zero-order valence-electron chi connectivity index (χ0n) is 21.1. The molecule has 1 amide bonds. The Balaban J connectivity index is 1.74. The maximum Gasteiger partial charge on any atom is 0.341 e. The molecule has 0 bridgehead atoms. The van der Waals surface area contributed by atoms with Gasteiger partial charge in [0, 0.05) is 10.9 Å². The van der Waals surface area contributed by atoms with Crippen LogP contribution in [0.5, 0.6) is 0 Å². The fraction of sp³-hybridized carbons (Fsp3) is 0.250. The van der Waals surface area contributed by atoms with Gasteiger partial charge in [0.05, 0.1) is 17.2 Å². The Morgan fingerprint density at radius 3 is 2.46 bits per heavy atom. The number of thiophene rings is 1. The number of amides is 1. The number of carbonyl (C=O) groups excluding carboxylic acids is 2. The molecule has 0 atom stereocenters. The molecule has 0 fully saturated rings. The molecule has 2 heterocycles. The number of nitrogens with one attached hydrogen (secondary N) is 1. The number of halogens is 2. The molecule has 1 N–H and O–H groups in total. The van der Waals surface area contributed by atoms with Crippen molar-refractivity contribution in [3.8, 4) is 22.4 Å². The van der Waals surface area contributed by atoms with Crippen LogP contribution in [0, 0.1) is 12.7 Å². The van der Waals surface area contributed by atoms with Gasteiger partial charge in [-0.3, -0.25) is 4.79 Å². The molecule has 2 aromatic heterocycles. The first-order valence-corrected chi connectivity index (χ1v) is 12.9. The molecular weight excluding hydrogens is 515 g/mol. The third kappa shape index (κ3) is 5.31. The van der Waals surface area contributed by atoms with Crippen LogP contribution >= 0.6 is 22.9 Å². The minimum atomic E-state index is -0.640. The van der Waals surface area contributed by atoms with Crippen molar-refractivity contribution in [2.24, 2.45) is 0 Å². The van der Waals surface area contributed by atoms with Gasteiger partial charge in [-0.25, -0.2) is 9.18 Å². The van der Waals surface area contributed by atoms with E-state index >= 15 is 0 Å².